The maximum Gasteiger partial charge on any atom is 0.0461 e. The van der Waals surface area contributed by atoms with Crippen molar-refractivity contribution in [3.8, 4) is 0 Å². The van der Waals surface area contributed by atoms with Crippen molar-refractivity contribution in [2.45, 2.75) is 39.4 Å². The monoisotopic (exact) mass is 177 g/mol. The zero-order valence-corrected chi connectivity index (χ0v) is 6.00. The molecule has 10 heavy (non-hydrogen) atoms. The minimum atomic E-state index is -3.67. The standard InChI is InChI=1S/C8H18ClN/c1-7(2)10(6-5-9)8(3)4/h7-8H,5-6H2,1-4H3/i1D3,2D3,3D3,4D3,7D,8D. The quantitative estimate of drug-likeness (QED) is 0.596. The van der Waals surface area contributed by atoms with Crippen molar-refractivity contribution in [2.75, 3.05) is 12.4 Å². The average Bonchev–Trinajstić information content (AvgIpc) is 2.28. The summed E-state index contributed by atoms with van der Waals surface area (Å²) in [6, 6.07) is -7.33. The van der Waals surface area contributed by atoms with Crippen LogP contribution in [0.2, 0.25) is 0 Å². The van der Waals surface area contributed by atoms with Crippen molar-refractivity contribution >= 4 is 11.6 Å². The summed E-state index contributed by atoms with van der Waals surface area (Å²) >= 11 is 5.47. The molecule has 2 heteroatoms. The van der Waals surface area contributed by atoms with Crippen molar-refractivity contribution in [2.24, 2.45) is 0 Å². The molecule has 62 valence electrons. The molecule has 0 aromatic carbocycles. The molecule has 0 aliphatic carbocycles. The van der Waals surface area contributed by atoms with Gasteiger partial charge in [-0.1, -0.05) is 0 Å². The van der Waals surface area contributed by atoms with E-state index in [1.165, 1.54) is 0 Å². The van der Waals surface area contributed by atoms with Crippen LogP contribution in [0.5, 0.6) is 0 Å². The van der Waals surface area contributed by atoms with Crippen molar-refractivity contribution < 1.29 is 19.2 Å². The maximum absolute atomic E-state index is 8.02. The molecule has 0 N–H and O–H groups in total. The summed E-state index contributed by atoms with van der Waals surface area (Å²) in [5, 5.41) is 0. The minimum Gasteiger partial charge on any atom is -0.297 e. The lowest BCUT2D eigenvalue weighted by Crippen LogP contribution is -2.38. The van der Waals surface area contributed by atoms with Gasteiger partial charge in [0.1, 0.15) is 0 Å². The van der Waals surface area contributed by atoms with E-state index in [4.69, 9.17) is 30.8 Å². The van der Waals surface area contributed by atoms with Gasteiger partial charge in [0.25, 0.3) is 0 Å². The van der Waals surface area contributed by atoms with Crippen molar-refractivity contribution in [3.05, 3.63) is 0 Å². The zero-order chi connectivity index (χ0) is 20.0. The summed E-state index contributed by atoms with van der Waals surface area (Å²) in [5.74, 6) is -0.584. The van der Waals surface area contributed by atoms with Gasteiger partial charge in [0.05, 0.1) is 0 Å². The summed E-state index contributed by atoms with van der Waals surface area (Å²) in [5.41, 5.74) is 0. The summed E-state index contributed by atoms with van der Waals surface area (Å²) in [6.45, 7) is -15.5. The third-order valence-corrected chi connectivity index (χ3v) is 1.02. The Morgan fingerprint density at radius 3 is 2.20 bits per heavy atom. The largest absolute Gasteiger partial charge is 0.297 e. The molecule has 0 fully saturated rings. The molecular weight excluding hydrogens is 146 g/mol. The molecule has 0 unspecified atom stereocenters. The fraction of sp³-hybridized carbons (Fsp3) is 1.00. The fourth-order valence-electron chi connectivity index (χ4n) is 0.420. The first kappa shape index (κ1) is 1.62. The van der Waals surface area contributed by atoms with Crippen molar-refractivity contribution in [1.82, 2.24) is 4.90 Å². The average molecular weight is 178 g/mol. The highest BCUT2D eigenvalue weighted by atomic mass is 35.5. The van der Waals surface area contributed by atoms with E-state index in [1.54, 1.807) is 0 Å². The van der Waals surface area contributed by atoms with Crippen LogP contribution in [0.15, 0.2) is 0 Å². The second-order valence-corrected chi connectivity index (χ2v) is 1.92. The highest BCUT2D eigenvalue weighted by molar-refractivity contribution is 6.18. The SMILES string of the molecule is [2H]C([2H])([2H])C([2H])(N(CCCl)C([2H])(C([2H])([2H])[2H])C([2H])([2H])[2H])C([2H])([2H])[2H]. The van der Waals surface area contributed by atoms with Gasteiger partial charge in [0.15, 0.2) is 0 Å². The van der Waals surface area contributed by atoms with Gasteiger partial charge in [-0.15, -0.1) is 11.6 Å². The normalized spacial score (nSPS) is 39.8. The Morgan fingerprint density at radius 2 is 1.90 bits per heavy atom. The van der Waals surface area contributed by atoms with Crippen molar-refractivity contribution in [3.63, 3.8) is 0 Å². The molecule has 1 nitrogen and oxygen atoms in total. The van der Waals surface area contributed by atoms with Gasteiger partial charge in [-0.05, 0) is 27.4 Å². The molecule has 0 amide bonds. The Hall–Kier alpha value is 0.250. The molecule has 0 aromatic heterocycles. The number of halogens is 1. The minimum absolute atomic E-state index is 0.160. The highest BCUT2D eigenvalue weighted by Gasteiger charge is 2.10. The van der Waals surface area contributed by atoms with Gasteiger partial charge in [0, 0.05) is 43.7 Å². The lowest BCUT2D eigenvalue weighted by atomic mass is 10.2. The van der Waals surface area contributed by atoms with Crippen LogP contribution in [0.25, 0.3) is 0 Å². The topological polar surface area (TPSA) is 3.24 Å². The third-order valence-electron chi connectivity index (χ3n) is 0.848. The number of alkyl halides is 1. The Kier molecular flexibility index (Phi) is 0.807. The van der Waals surface area contributed by atoms with Gasteiger partial charge >= 0.3 is 0 Å². The Bertz CT molecular complexity index is 364. The van der Waals surface area contributed by atoms with Crippen LogP contribution in [-0.2, 0) is 0 Å². The summed E-state index contributed by atoms with van der Waals surface area (Å²) < 4.78 is 105. The van der Waals surface area contributed by atoms with Gasteiger partial charge in [-0.3, -0.25) is 4.90 Å². The van der Waals surface area contributed by atoms with E-state index >= 15 is 0 Å². The first-order valence-electron chi connectivity index (χ1n) is 9.53. The fourth-order valence-corrected chi connectivity index (χ4v) is 0.589. The van der Waals surface area contributed by atoms with Gasteiger partial charge in [-0.25, -0.2) is 0 Å². The van der Waals surface area contributed by atoms with E-state index in [9.17, 15) is 0 Å². The molecule has 0 atom stereocenters. The second-order valence-electron chi connectivity index (χ2n) is 1.54. The third kappa shape index (κ3) is 3.43. The van der Waals surface area contributed by atoms with E-state index in [-0.39, 0.29) is 4.90 Å². The van der Waals surface area contributed by atoms with Crippen LogP contribution in [0.3, 0.4) is 0 Å². The van der Waals surface area contributed by atoms with Gasteiger partial charge in [-0.2, -0.15) is 0 Å². The molecule has 0 spiro atoms. The smallest absolute Gasteiger partial charge is 0.0461 e. The zero-order valence-electron chi connectivity index (χ0n) is 19.2. The van der Waals surface area contributed by atoms with Crippen LogP contribution in [0.1, 0.15) is 46.6 Å². The molecule has 0 aliphatic rings. The number of rotatable bonds is 4. The predicted molar refractivity (Wildman–Crippen MR) is 47.7 cm³/mol. The molecule has 0 aliphatic heterocycles. The van der Waals surface area contributed by atoms with Gasteiger partial charge < -0.3 is 0 Å². The van der Waals surface area contributed by atoms with E-state index in [2.05, 4.69) is 0 Å². The lowest BCUT2D eigenvalue weighted by molar-refractivity contribution is 0.187. The Labute approximate surface area is 89.0 Å². The van der Waals surface area contributed by atoms with Crippen LogP contribution >= 0.6 is 11.6 Å². The highest BCUT2D eigenvalue weighted by Crippen LogP contribution is 2.03. The Balaban J connectivity index is 6.86. The molecular formula is C8H18ClN. The van der Waals surface area contributed by atoms with Gasteiger partial charge in [0.2, 0.25) is 0 Å². The molecule has 0 saturated carbocycles. The first-order valence-corrected chi connectivity index (χ1v) is 3.07. The Morgan fingerprint density at radius 1 is 1.40 bits per heavy atom. The molecule has 0 heterocycles. The van der Waals surface area contributed by atoms with E-state index in [1.807, 2.05) is 0 Å². The molecule has 0 rings (SSSR count). The predicted octanol–water partition coefficient (Wildman–Crippen LogP) is 2.34. The van der Waals surface area contributed by atoms with Crippen molar-refractivity contribution in [1.29, 1.82) is 0 Å². The second kappa shape index (κ2) is 4.97. The molecule has 0 radical (unpaired) electrons. The number of nitrogens with zero attached hydrogens (tertiary/aromatic N) is 1. The summed E-state index contributed by atoms with van der Waals surface area (Å²) in [6.07, 6.45) is 0. The van der Waals surface area contributed by atoms with E-state index < -0.39 is 51.9 Å². The van der Waals surface area contributed by atoms with E-state index in [0.717, 1.165) is 0 Å². The maximum atomic E-state index is 8.02. The van der Waals surface area contributed by atoms with Crippen LogP contribution < -0.4 is 0 Å². The van der Waals surface area contributed by atoms with Crippen LogP contribution in [0, 0.1) is 0 Å². The molecule has 0 bridgehead atoms. The number of hydrogen-bond donors (Lipinski definition) is 0. The number of hydrogen-bond acceptors (Lipinski definition) is 1. The summed E-state index contributed by atoms with van der Waals surface area (Å²) in [7, 11) is 0. The molecule has 0 saturated heterocycles. The van der Waals surface area contributed by atoms with E-state index in [0.29, 0.717) is 0 Å². The summed E-state index contributed by atoms with van der Waals surface area (Å²) in [4.78, 5) is -0.160. The van der Waals surface area contributed by atoms with Crippen LogP contribution in [-0.4, -0.2) is 29.4 Å². The molecule has 0 aromatic rings. The first-order chi connectivity index (χ1) is 10.2. The van der Waals surface area contributed by atoms with Crippen LogP contribution in [0.4, 0.5) is 0 Å². The lowest BCUT2D eigenvalue weighted by Gasteiger charge is -2.29.